The van der Waals surface area contributed by atoms with Crippen molar-refractivity contribution in [1.29, 1.82) is 0 Å². The van der Waals surface area contributed by atoms with Crippen LogP contribution in [0.25, 0.3) is 0 Å². The molecule has 2 aliphatic heterocycles. The molecule has 0 bridgehead atoms. The van der Waals surface area contributed by atoms with Crippen LogP contribution in [-0.2, 0) is 4.74 Å². The predicted molar refractivity (Wildman–Crippen MR) is 83.3 cm³/mol. The van der Waals surface area contributed by atoms with E-state index in [0.717, 1.165) is 38.4 Å². The van der Waals surface area contributed by atoms with E-state index in [1.807, 2.05) is 6.07 Å². The summed E-state index contributed by atoms with van der Waals surface area (Å²) in [5.41, 5.74) is 0.277. The van der Waals surface area contributed by atoms with Crippen molar-refractivity contribution in [3.63, 3.8) is 0 Å². The van der Waals surface area contributed by atoms with Gasteiger partial charge in [0.1, 0.15) is 5.76 Å². The first-order valence-corrected chi connectivity index (χ1v) is 8.40. The third-order valence-corrected chi connectivity index (χ3v) is 5.16. The molecule has 0 saturated carbocycles. The number of rotatable bonds is 5. The summed E-state index contributed by atoms with van der Waals surface area (Å²) in [5, 5.41) is 3.70. The molecule has 3 rings (SSSR count). The molecule has 1 N–H and O–H groups in total. The SMILES string of the molecule is C[C@H](NCC1(N2CCCCC2)CCOCC1)c1ccco1. The van der Waals surface area contributed by atoms with E-state index in [4.69, 9.17) is 9.15 Å². The first kappa shape index (κ1) is 15.1. The van der Waals surface area contributed by atoms with Gasteiger partial charge in [0, 0.05) is 25.3 Å². The zero-order valence-corrected chi connectivity index (χ0v) is 13.1. The fourth-order valence-corrected chi connectivity index (χ4v) is 3.71. The van der Waals surface area contributed by atoms with Crippen LogP contribution in [0.1, 0.15) is 50.8 Å². The summed E-state index contributed by atoms with van der Waals surface area (Å²) in [4.78, 5) is 2.72. The summed E-state index contributed by atoms with van der Waals surface area (Å²) < 4.78 is 11.1. The Morgan fingerprint density at radius 3 is 2.67 bits per heavy atom. The lowest BCUT2D eigenvalue weighted by Gasteiger charge is -2.48. The number of nitrogens with one attached hydrogen (secondary N) is 1. The average molecular weight is 292 g/mol. The highest BCUT2D eigenvalue weighted by Crippen LogP contribution is 2.31. The second kappa shape index (κ2) is 6.95. The fraction of sp³-hybridized carbons (Fsp3) is 0.765. The second-order valence-corrected chi connectivity index (χ2v) is 6.50. The normalized spacial score (nSPS) is 24.8. The number of hydrogen-bond acceptors (Lipinski definition) is 4. The smallest absolute Gasteiger partial charge is 0.120 e. The van der Waals surface area contributed by atoms with Crippen LogP contribution < -0.4 is 5.32 Å². The van der Waals surface area contributed by atoms with Gasteiger partial charge in [-0.05, 0) is 57.8 Å². The number of ether oxygens (including phenoxy) is 1. The van der Waals surface area contributed by atoms with E-state index in [1.54, 1.807) is 6.26 Å². The monoisotopic (exact) mass is 292 g/mol. The number of piperidine rings is 1. The van der Waals surface area contributed by atoms with E-state index in [-0.39, 0.29) is 11.6 Å². The first-order valence-electron chi connectivity index (χ1n) is 8.40. The molecule has 0 radical (unpaired) electrons. The standard InChI is InChI=1S/C17H28N2O2/c1-15(16-6-5-11-21-16)18-14-17(7-12-20-13-8-17)19-9-3-2-4-10-19/h5-6,11,15,18H,2-4,7-10,12-14H2,1H3/t15-/m0/s1. The Hall–Kier alpha value is -0.840. The van der Waals surface area contributed by atoms with Crippen LogP contribution in [-0.4, -0.2) is 43.3 Å². The van der Waals surface area contributed by atoms with E-state index in [9.17, 15) is 0 Å². The molecule has 3 heterocycles. The molecular weight excluding hydrogens is 264 g/mol. The van der Waals surface area contributed by atoms with Crippen LogP contribution in [0.15, 0.2) is 22.8 Å². The van der Waals surface area contributed by atoms with E-state index in [1.165, 1.54) is 32.4 Å². The molecule has 21 heavy (non-hydrogen) atoms. The molecule has 118 valence electrons. The number of hydrogen-bond donors (Lipinski definition) is 1. The molecule has 4 nitrogen and oxygen atoms in total. The Labute approximate surface area is 127 Å². The highest BCUT2D eigenvalue weighted by atomic mass is 16.5. The summed E-state index contributed by atoms with van der Waals surface area (Å²) in [6.45, 7) is 7.49. The Morgan fingerprint density at radius 1 is 1.24 bits per heavy atom. The minimum Gasteiger partial charge on any atom is -0.468 e. The first-order chi connectivity index (χ1) is 10.3. The van der Waals surface area contributed by atoms with Gasteiger partial charge >= 0.3 is 0 Å². The van der Waals surface area contributed by atoms with Gasteiger partial charge in [0.05, 0.1) is 12.3 Å². The topological polar surface area (TPSA) is 37.6 Å². The van der Waals surface area contributed by atoms with Crippen molar-refractivity contribution in [1.82, 2.24) is 10.2 Å². The lowest BCUT2D eigenvalue weighted by molar-refractivity contribution is -0.0368. The van der Waals surface area contributed by atoms with E-state index in [2.05, 4.69) is 23.2 Å². The van der Waals surface area contributed by atoms with Crippen molar-refractivity contribution in [2.24, 2.45) is 0 Å². The second-order valence-electron chi connectivity index (χ2n) is 6.50. The van der Waals surface area contributed by atoms with Gasteiger partial charge in [-0.25, -0.2) is 0 Å². The predicted octanol–water partition coefficient (Wildman–Crippen LogP) is 2.97. The Kier molecular flexibility index (Phi) is 4.99. The van der Waals surface area contributed by atoms with Gasteiger partial charge in [-0.1, -0.05) is 6.42 Å². The minimum atomic E-state index is 0.268. The van der Waals surface area contributed by atoms with Crippen LogP contribution in [0, 0.1) is 0 Å². The zero-order chi connectivity index (χ0) is 14.5. The Morgan fingerprint density at radius 2 is 2.00 bits per heavy atom. The Balaban J connectivity index is 1.64. The summed E-state index contributed by atoms with van der Waals surface area (Å²) in [6.07, 6.45) is 8.12. The maximum absolute atomic E-state index is 5.62. The van der Waals surface area contributed by atoms with Crippen LogP contribution in [0.3, 0.4) is 0 Å². The highest BCUT2D eigenvalue weighted by Gasteiger charge is 2.38. The molecule has 1 aromatic rings. The van der Waals surface area contributed by atoms with E-state index >= 15 is 0 Å². The molecule has 2 saturated heterocycles. The molecule has 1 aromatic heterocycles. The van der Waals surface area contributed by atoms with Crippen molar-refractivity contribution >= 4 is 0 Å². The van der Waals surface area contributed by atoms with Crippen molar-refractivity contribution in [3.8, 4) is 0 Å². The summed E-state index contributed by atoms with van der Waals surface area (Å²) in [6, 6.07) is 4.28. The lowest BCUT2D eigenvalue weighted by Crippen LogP contribution is -2.59. The number of likely N-dealkylation sites (tertiary alicyclic amines) is 1. The summed E-state index contributed by atoms with van der Waals surface area (Å²) >= 11 is 0. The van der Waals surface area contributed by atoms with Crippen molar-refractivity contribution in [2.45, 2.75) is 50.6 Å². The Bertz CT molecular complexity index is 406. The maximum Gasteiger partial charge on any atom is 0.120 e. The van der Waals surface area contributed by atoms with Crippen LogP contribution in [0.5, 0.6) is 0 Å². The summed E-state index contributed by atoms with van der Waals surface area (Å²) in [5.74, 6) is 1.02. The third kappa shape index (κ3) is 3.50. The lowest BCUT2D eigenvalue weighted by atomic mass is 9.86. The molecule has 4 heteroatoms. The highest BCUT2D eigenvalue weighted by molar-refractivity contribution is 5.04. The maximum atomic E-state index is 5.62. The summed E-state index contributed by atoms with van der Waals surface area (Å²) in [7, 11) is 0. The average Bonchev–Trinajstić information content (AvgIpc) is 3.09. The fourth-order valence-electron chi connectivity index (χ4n) is 3.71. The quantitative estimate of drug-likeness (QED) is 0.905. The largest absolute Gasteiger partial charge is 0.468 e. The number of furan rings is 1. The molecule has 0 spiro atoms. The van der Waals surface area contributed by atoms with Crippen molar-refractivity contribution < 1.29 is 9.15 Å². The van der Waals surface area contributed by atoms with Gasteiger partial charge in [-0.2, -0.15) is 0 Å². The zero-order valence-electron chi connectivity index (χ0n) is 13.1. The van der Waals surface area contributed by atoms with Crippen molar-refractivity contribution in [3.05, 3.63) is 24.2 Å². The van der Waals surface area contributed by atoms with Gasteiger partial charge in [-0.15, -0.1) is 0 Å². The van der Waals surface area contributed by atoms with Crippen LogP contribution >= 0.6 is 0 Å². The van der Waals surface area contributed by atoms with Gasteiger partial charge < -0.3 is 14.5 Å². The van der Waals surface area contributed by atoms with Gasteiger partial charge in [0.25, 0.3) is 0 Å². The van der Waals surface area contributed by atoms with E-state index < -0.39 is 0 Å². The molecule has 2 aliphatic rings. The third-order valence-electron chi connectivity index (χ3n) is 5.16. The van der Waals surface area contributed by atoms with Gasteiger partial charge in [0.2, 0.25) is 0 Å². The molecule has 0 aromatic carbocycles. The minimum absolute atomic E-state index is 0.268. The molecule has 0 aliphatic carbocycles. The van der Waals surface area contributed by atoms with E-state index in [0.29, 0.717) is 0 Å². The van der Waals surface area contributed by atoms with Crippen LogP contribution in [0.4, 0.5) is 0 Å². The number of nitrogens with zero attached hydrogens (tertiary/aromatic N) is 1. The molecule has 0 amide bonds. The molecule has 1 atom stereocenters. The molecule has 0 unspecified atom stereocenters. The van der Waals surface area contributed by atoms with Gasteiger partial charge in [-0.3, -0.25) is 4.90 Å². The van der Waals surface area contributed by atoms with Crippen LogP contribution in [0.2, 0.25) is 0 Å². The molecule has 2 fully saturated rings. The van der Waals surface area contributed by atoms with Crippen molar-refractivity contribution in [2.75, 3.05) is 32.8 Å². The molecular formula is C17H28N2O2. The van der Waals surface area contributed by atoms with Gasteiger partial charge in [0.15, 0.2) is 0 Å².